The van der Waals surface area contributed by atoms with Crippen molar-refractivity contribution in [1.82, 2.24) is 5.43 Å². The van der Waals surface area contributed by atoms with E-state index < -0.39 is 5.97 Å². The number of nitrogens with zero attached hydrogens (tertiary/aromatic N) is 1. The van der Waals surface area contributed by atoms with Crippen molar-refractivity contribution >= 4 is 18.1 Å². The second kappa shape index (κ2) is 10.8. The van der Waals surface area contributed by atoms with E-state index in [0.29, 0.717) is 23.5 Å². The Bertz CT molecular complexity index is 785. The number of hydrazone groups is 1. The molecule has 0 unspecified atom stereocenters. The Morgan fingerprint density at radius 1 is 1.07 bits per heavy atom. The lowest BCUT2D eigenvalue weighted by Crippen LogP contribution is -2.18. The lowest BCUT2D eigenvalue weighted by molar-refractivity contribution is 0.0696. The first kappa shape index (κ1) is 20.2. The van der Waals surface area contributed by atoms with E-state index in [1.807, 2.05) is 6.07 Å². The van der Waals surface area contributed by atoms with Crippen molar-refractivity contribution in [2.24, 2.45) is 5.10 Å². The molecule has 0 radical (unpaired) electrons. The number of ether oxygens (including phenoxy) is 1. The Kier molecular flexibility index (Phi) is 8.03. The zero-order valence-corrected chi connectivity index (χ0v) is 15.4. The zero-order chi connectivity index (χ0) is 19.5. The van der Waals surface area contributed by atoms with Crippen LogP contribution in [0, 0.1) is 0 Å². The van der Waals surface area contributed by atoms with Gasteiger partial charge in [-0.05, 0) is 36.2 Å². The van der Waals surface area contributed by atoms with Gasteiger partial charge in [-0.2, -0.15) is 5.10 Å². The van der Waals surface area contributed by atoms with Crippen molar-refractivity contribution in [3.63, 3.8) is 0 Å². The number of benzene rings is 2. The molecule has 2 aromatic rings. The molecule has 0 saturated heterocycles. The number of rotatable bonds is 10. The Morgan fingerprint density at radius 2 is 1.81 bits per heavy atom. The normalized spacial score (nSPS) is 10.7. The summed E-state index contributed by atoms with van der Waals surface area (Å²) in [5.74, 6) is -0.817. The monoisotopic (exact) mass is 368 g/mol. The standard InChI is InChI=1S/C21H24N2O4/c1-2-3-4-7-14-27-19-9-6-5-8-18(19)20(24)23-22-15-16-10-12-17(13-11-16)21(25)26/h5-6,8-13,15H,2-4,7,14H2,1H3,(H,23,24)(H,25,26). The van der Waals surface area contributed by atoms with E-state index in [1.54, 1.807) is 30.3 Å². The summed E-state index contributed by atoms with van der Waals surface area (Å²) in [4.78, 5) is 23.2. The van der Waals surface area contributed by atoms with E-state index in [4.69, 9.17) is 9.84 Å². The van der Waals surface area contributed by atoms with Gasteiger partial charge in [0.1, 0.15) is 5.75 Å². The molecule has 2 N–H and O–H groups in total. The molecule has 142 valence electrons. The minimum atomic E-state index is -0.988. The highest BCUT2D eigenvalue weighted by molar-refractivity contribution is 5.97. The quantitative estimate of drug-likeness (QED) is 0.375. The van der Waals surface area contributed by atoms with Crippen LogP contribution in [0.1, 0.15) is 58.9 Å². The highest BCUT2D eigenvalue weighted by atomic mass is 16.5. The van der Waals surface area contributed by atoms with Crippen LogP contribution < -0.4 is 10.2 Å². The average Bonchev–Trinajstić information content (AvgIpc) is 2.68. The topological polar surface area (TPSA) is 88.0 Å². The molecule has 0 fully saturated rings. The van der Waals surface area contributed by atoms with Gasteiger partial charge in [-0.3, -0.25) is 4.79 Å². The maximum atomic E-state index is 12.4. The number of hydrogen-bond donors (Lipinski definition) is 2. The Labute approximate surface area is 158 Å². The average molecular weight is 368 g/mol. The first-order valence-corrected chi connectivity index (χ1v) is 9.00. The molecular formula is C21H24N2O4. The summed E-state index contributed by atoms with van der Waals surface area (Å²) in [7, 11) is 0. The van der Waals surface area contributed by atoms with Gasteiger partial charge in [0.25, 0.3) is 5.91 Å². The number of carbonyl (C=O) groups excluding carboxylic acids is 1. The van der Waals surface area contributed by atoms with Crippen LogP contribution in [0.5, 0.6) is 5.75 Å². The molecule has 0 atom stereocenters. The largest absolute Gasteiger partial charge is 0.493 e. The van der Waals surface area contributed by atoms with E-state index in [1.165, 1.54) is 24.8 Å². The van der Waals surface area contributed by atoms with E-state index in [-0.39, 0.29) is 11.5 Å². The summed E-state index contributed by atoms with van der Waals surface area (Å²) < 4.78 is 5.74. The van der Waals surface area contributed by atoms with Crippen LogP contribution in [-0.4, -0.2) is 29.8 Å². The fourth-order valence-electron chi connectivity index (χ4n) is 2.43. The minimum Gasteiger partial charge on any atom is -0.493 e. The van der Waals surface area contributed by atoms with Gasteiger partial charge >= 0.3 is 5.97 Å². The maximum absolute atomic E-state index is 12.4. The molecule has 2 rings (SSSR count). The van der Waals surface area contributed by atoms with Crippen molar-refractivity contribution in [1.29, 1.82) is 0 Å². The van der Waals surface area contributed by atoms with E-state index in [9.17, 15) is 9.59 Å². The van der Waals surface area contributed by atoms with E-state index in [0.717, 1.165) is 19.3 Å². The highest BCUT2D eigenvalue weighted by Crippen LogP contribution is 2.18. The molecule has 0 aliphatic rings. The molecule has 6 heteroatoms. The summed E-state index contributed by atoms with van der Waals surface area (Å²) in [6, 6.07) is 13.2. The summed E-state index contributed by atoms with van der Waals surface area (Å²) in [6.07, 6.45) is 5.85. The third-order valence-electron chi connectivity index (χ3n) is 3.92. The summed E-state index contributed by atoms with van der Waals surface area (Å²) in [5.41, 5.74) is 3.77. The summed E-state index contributed by atoms with van der Waals surface area (Å²) >= 11 is 0. The van der Waals surface area contributed by atoms with Crippen molar-refractivity contribution in [3.8, 4) is 5.75 Å². The second-order valence-electron chi connectivity index (χ2n) is 6.03. The van der Waals surface area contributed by atoms with Crippen molar-refractivity contribution in [3.05, 3.63) is 65.2 Å². The van der Waals surface area contributed by atoms with Crippen molar-refractivity contribution in [2.75, 3.05) is 6.61 Å². The number of carboxylic acid groups (broad SMARTS) is 1. The molecule has 1 amide bonds. The van der Waals surface area contributed by atoms with Crippen LogP contribution in [0.3, 0.4) is 0 Å². The van der Waals surface area contributed by atoms with Gasteiger partial charge < -0.3 is 9.84 Å². The van der Waals surface area contributed by atoms with Crippen LogP contribution in [0.4, 0.5) is 0 Å². The first-order chi connectivity index (χ1) is 13.1. The molecule has 0 heterocycles. The molecule has 2 aromatic carbocycles. The molecule has 0 aromatic heterocycles. The fraction of sp³-hybridized carbons (Fsp3) is 0.286. The molecule has 0 aliphatic heterocycles. The van der Waals surface area contributed by atoms with Crippen LogP contribution in [0.25, 0.3) is 0 Å². The minimum absolute atomic E-state index is 0.196. The second-order valence-corrected chi connectivity index (χ2v) is 6.03. The van der Waals surface area contributed by atoms with Crippen LogP contribution in [0.15, 0.2) is 53.6 Å². The number of unbranched alkanes of at least 4 members (excludes halogenated alkanes) is 3. The molecule has 27 heavy (non-hydrogen) atoms. The van der Waals surface area contributed by atoms with Crippen molar-refractivity contribution in [2.45, 2.75) is 32.6 Å². The third kappa shape index (κ3) is 6.58. The predicted molar refractivity (Wildman–Crippen MR) is 105 cm³/mol. The number of hydrogen-bond acceptors (Lipinski definition) is 4. The first-order valence-electron chi connectivity index (χ1n) is 9.00. The predicted octanol–water partition coefficient (Wildman–Crippen LogP) is 4.11. The number of nitrogens with one attached hydrogen (secondary N) is 1. The molecule has 6 nitrogen and oxygen atoms in total. The third-order valence-corrected chi connectivity index (χ3v) is 3.92. The molecule has 0 spiro atoms. The zero-order valence-electron chi connectivity index (χ0n) is 15.4. The summed E-state index contributed by atoms with van der Waals surface area (Å²) in [5, 5.41) is 12.8. The summed E-state index contributed by atoms with van der Waals surface area (Å²) in [6.45, 7) is 2.73. The lowest BCUT2D eigenvalue weighted by Gasteiger charge is -2.10. The number of carboxylic acids is 1. The smallest absolute Gasteiger partial charge is 0.335 e. The van der Waals surface area contributed by atoms with E-state index in [2.05, 4.69) is 17.5 Å². The highest BCUT2D eigenvalue weighted by Gasteiger charge is 2.11. The number of amides is 1. The maximum Gasteiger partial charge on any atom is 0.335 e. The SMILES string of the molecule is CCCCCCOc1ccccc1C(=O)NN=Cc1ccc(C(=O)O)cc1. The number of aromatic carboxylic acids is 1. The lowest BCUT2D eigenvalue weighted by atomic mass is 10.1. The fourth-order valence-corrected chi connectivity index (χ4v) is 2.43. The van der Waals surface area contributed by atoms with Crippen molar-refractivity contribution < 1.29 is 19.4 Å². The molecular weight excluding hydrogens is 344 g/mol. The van der Waals surface area contributed by atoms with Gasteiger partial charge in [-0.25, -0.2) is 10.2 Å². The van der Waals surface area contributed by atoms with Gasteiger partial charge in [-0.15, -0.1) is 0 Å². The molecule has 0 aliphatic carbocycles. The molecule has 0 saturated carbocycles. The van der Waals surface area contributed by atoms with Gasteiger partial charge in [-0.1, -0.05) is 50.5 Å². The van der Waals surface area contributed by atoms with Gasteiger partial charge in [0.2, 0.25) is 0 Å². The number of para-hydroxylation sites is 1. The van der Waals surface area contributed by atoms with Crippen LogP contribution >= 0.6 is 0 Å². The van der Waals surface area contributed by atoms with Crippen LogP contribution in [0.2, 0.25) is 0 Å². The van der Waals surface area contributed by atoms with Crippen LogP contribution in [-0.2, 0) is 0 Å². The van der Waals surface area contributed by atoms with E-state index >= 15 is 0 Å². The molecule has 0 bridgehead atoms. The Balaban J connectivity index is 1.92. The van der Waals surface area contributed by atoms with Gasteiger partial charge in [0, 0.05) is 0 Å². The Hall–Kier alpha value is -3.15. The van der Waals surface area contributed by atoms with Gasteiger partial charge in [0.05, 0.1) is 23.9 Å². The van der Waals surface area contributed by atoms with Gasteiger partial charge in [0.15, 0.2) is 0 Å². The number of carbonyl (C=O) groups is 2. The Morgan fingerprint density at radius 3 is 2.52 bits per heavy atom.